The second kappa shape index (κ2) is 13.0. The minimum atomic E-state index is -4.55. The van der Waals surface area contributed by atoms with Crippen LogP contribution in [-0.4, -0.2) is 35.9 Å². The molecule has 10 nitrogen and oxygen atoms in total. The highest BCUT2D eigenvalue weighted by atomic mass is 32.2. The fraction of sp³-hybridized carbons (Fsp3) is 0.194. The number of hydrogen-bond acceptors (Lipinski definition) is 7. The third-order valence-corrected chi connectivity index (χ3v) is 8.46. The van der Waals surface area contributed by atoms with E-state index in [2.05, 4.69) is 9.71 Å². The number of nitrogens with one attached hydrogen (secondary N) is 2. The average molecular weight is 669 g/mol. The van der Waals surface area contributed by atoms with Crippen molar-refractivity contribution in [3.05, 3.63) is 137 Å². The lowest BCUT2D eigenvalue weighted by atomic mass is 9.99. The van der Waals surface area contributed by atoms with E-state index in [4.69, 9.17) is 9.47 Å². The molecule has 0 fully saturated rings. The van der Waals surface area contributed by atoms with E-state index in [0.29, 0.717) is 16.5 Å². The molecule has 0 radical (unpaired) electrons. The van der Waals surface area contributed by atoms with Crippen LogP contribution in [0.25, 0.3) is 10.9 Å². The van der Waals surface area contributed by atoms with Crippen LogP contribution in [0.2, 0.25) is 0 Å². The molecule has 2 heterocycles. The van der Waals surface area contributed by atoms with Gasteiger partial charge in [-0.05, 0) is 61.7 Å². The summed E-state index contributed by atoms with van der Waals surface area (Å²) in [5.74, 6) is -0.671. The Balaban J connectivity index is 1.50. The standard InChI is InChI=1S/C36H33FN4O6S/c1-36(2,3)47-35(43)40-48(44,45)39-30-27-15-10-20-38-31(27)33(46-32(24-11-6-4-7-12-24)25-13-8-5-9-14-25)29-28(30)22-41(34(29)42)21-23-16-18-26(37)19-17-23/h4-20,32,39H,21-22H2,1-3H3,(H,40,43). The molecule has 12 heteroatoms. The maximum Gasteiger partial charge on any atom is 0.422 e. The molecule has 0 spiro atoms. The molecule has 1 aromatic heterocycles. The number of rotatable bonds is 9. The zero-order chi connectivity index (χ0) is 34.1. The first-order chi connectivity index (χ1) is 22.9. The Labute approximate surface area is 277 Å². The second-order valence-electron chi connectivity index (χ2n) is 12.3. The number of fused-ring (bicyclic) bond motifs is 2. The van der Waals surface area contributed by atoms with Gasteiger partial charge in [-0.25, -0.2) is 13.9 Å². The smallest absolute Gasteiger partial charge is 0.422 e. The number of aromatic nitrogens is 1. The molecule has 0 saturated carbocycles. The lowest BCUT2D eigenvalue weighted by Gasteiger charge is -2.24. The van der Waals surface area contributed by atoms with Crippen LogP contribution in [0.3, 0.4) is 0 Å². The highest BCUT2D eigenvalue weighted by molar-refractivity contribution is 7.91. The zero-order valence-electron chi connectivity index (χ0n) is 26.4. The number of anilines is 1. The number of carbonyl (C=O) groups is 2. The van der Waals surface area contributed by atoms with Gasteiger partial charge in [0.2, 0.25) is 0 Å². The van der Waals surface area contributed by atoms with E-state index in [0.717, 1.165) is 11.1 Å². The zero-order valence-corrected chi connectivity index (χ0v) is 27.3. The van der Waals surface area contributed by atoms with E-state index in [1.807, 2.05) is 65.4 Å². The first-order valence-electron chi connectivity index (χ1n) is 15.2. The Morgan fingerprint density at radius 3 is 2.17 bits per heavy atom. The van der Waals surface area contributed by atoms with Gasteiger partial charge in [0.1, 0.15) is 23.0 Å². The van der Waals surface area contributed by atoms with E-state index in [-0.39, 0.29) is 35.6 Å². The Bertz CT molecular complexity index is 2050. The Hall–Kier alpha value is -5.49. The van der Waals surface area contributed by atoms with Gasteiger partial charge in [-0.3, -0.25) is 14.5 Å². The van der Waals surface area contributed by atoms with Crippen molar-refractivity contribution >= 4 is 38.8 Å². The molecule has 1 aliphatic rings. The van der Waals surface area contributed by atoms with Crippen LogP contribution in [0.15, 0.2) is 103 Å². The summed E-state index contributed by atoms with van der Waals surface area (Å²) in [5, 5.41) is 0.345. The Morgan fingerprint density at radius 1 is 0.938 bits per heavy atom. The van der Waals surface area contributed by atoms with Crippen molar-refractivity contribution in [1.82, 2.24) is 14.6 Å². The van der Waals surface area contributed by atoms with E-state index in [1.54, 1.807) is 45.0 Å². The van der Waals surface area contributed by atoms with Crippen LogP contribution in [0.1, 0.15) is 59.5 Å². The molecule has 0 aliphatic carbocycles. The highest BCUT2D eigenvalue weighted by Gasteiger charge is 2.38. The number of halogens is 1. The minimum absolute atomic E-state index is 0.0155. The van der Waals surface area contributed by atoms with Crippen molar-refractivity contribution in [3.8, 4) is 5.75 Å². The molecular formula is C36H33FN4O6S. The van der Waals surface area contributed by atoms with Gasteiger partial charge in [0, 0.05) is 30.2 Å². The lowest BCUT2D eigenvalue weighted by Crippen LogP contribution is -2.39. The number of pyridine rings is 1. The van der Waals surface area contributed by atoms with Crippen LogP contribution in [0.4, 0.5) is 14.9 Å². The third kappa shape index (κ3) is 7.08. The van der Waals surface area contributed by atoms with Crippen LogP contribution >= 0.6 is 0 Å². The summed E-state index contributed by atoms with van der Waals surface area (Å²) in [6.45, 7) is 4.92. The van der Waals surface area contributed by atoms with Crippen molar-refractivity contribution in [2.24, 2.45) is 0 Å². The SMILES string of the molecule is CC(C)(C)OC(=O)NS(=O)(=O)Nc1c2c(c(OC(c3ccccc3)c3ccccc3)c3ncccc13)C(=O)N(Cc1ccc(F)cc1)C2. The van der Waals surface area contributed by atoms with Crippen LogP contribution in [0, 0.1) is 5.82 Å². The van der Waals surface area contributed by atoms with Crippen molar-refractivity contribution in [2.75, 3.05) is 4.72 Å². The summed E-state index contributed by atoms with van der Waals surface area (Å²) in [6, 6.07) is 28.1. The van der Waals surface area contributed by atoms with Gasteiger partial charge in [0.15, 0.2) is 5.75 Å². The highest BCUT2D eigenvalue weighted by Crippen LogP contribution is 2.45. The number of nitrogens with zero attached hydrogens (tertiary/aromatic N) is 2. The average Bonchev–Trinajstić information content (AvgIpc) is 3.36. The quantitative estimate of drug-likeness (QED) is 0.175. The molecule has 0 bridgehead atoms. The Morgan fingerprint density at radius 2 is 1.56 bits per heavy atom. The van der Waals surface area contributed by atoms with Crippen molar-refractivity contribution in [1.29, 1.82) is 0 Å². The minimum Gasteiger partial charge on any atom is -0.478 e. The predicted molar refractivity (Wildman–Crippen MR) is 179 cm³/mol. The summed E-state index contributed by atoms with van der Waals surface area (Å²) >= 11 is 0. The lowest BCUT2D eigenvalue weighted by molar-refractivity contribution is 0.0570. The largest absolute Gasteiger partial charge is 0.478 e. The molecule has 0 saturated heterocycles. The van der Waals surface area contributed by atoms with Crippen molar-refractivity contribution in [2.45, 2.75) is 45.6 Å². The molecule has 48 heavy (non-hydrogen) atoms. The van der Waals surface area contributed by atoms with Gasteiger partial charge in [0.25, 0.3) is 5.91 Å². The van der Waals surface area contributed by atoms with Gasteiger partial charge in [-0.2, -0.15) is 8.42 Å². The van der Waals surface area contributed by atoms with E-state index in [1.165, 1.54) is 23.2 Å². The van der Waals surface area contributed by atoms with Gasteiger partial charge in [-0.1, -0.05) is 72.8 Å². The maximum absolute atomic E-state index is 14.3. The molecule has 4 aromatic carbocycles. The first-order valence-corrected chi connectivity index (χ1v) is 16.6. The van der Waals surface area contributed by atoms with Gasteiger partial charge in [0.05, 0.1) is 11.3 Å². The van der Waals surface area contributed by atoms with E-state index < -0.39 is 39.7 Å². The maximum atomic E-state index is 14.3. The molecule has 2 amide bonds. The molecule has 246 valence electrons. The number of amides is 2. The number of carbonyl (C=O) groups excluding carboxylic acids is 2. The summed E-state index contributed by atoms with van der Waals surface area (Å²) < 4.78 is 56.7. The molecule has 0 atom stereocenters. The molecule has 6 rings (SSSR count). The van der Waals surface area contributed by atoms with Crippen LogP contribution in [-0.2, 0) is 28.0 Å². The fourth-order valence-corrected chi connectivity index (χ4v) is 6.39. The number of ether oxygens (including phenoxy) is 2. The monoisotopic (exact) mass is 668 g/mol. The summed E-state index contributed by atoms with van der Waals surface area (Å²) in [4.78, 5) is 32.9. The predicted octanol–water partition coefficient (Wildman–Crippen LogP) is 6.88. The summed E-state index contributed by atoms with van der Waals surface area (Å²) in [7, 11) is -4.55. The normalized spacial score (nSPS) is 13.0. The van der Waals surface area contributed by atoms with Crippen LogP contribution in [0.5, 0.6) is 5.75 Å². The summed E-state index contributed by atoms with van der Waals surface area (Å²) in [6.07, 6.45) is -0.303. The third-order valence-electron chi connectivity index (χ3n) is 7.55. The van der Waals surface area contributed by atoms with Crippen LogP contribution < -0.4 is 14.2 Å². The van der Waals surface area contributed by atoms with Crippen molar-refractivity contribution in [3.63, 3.8) is 0 Å². The second-order valence-corrected chi connectivity index (χ2v) is 13.7. The number of benzene rings is 4. The molecule has 0 unspecified atom stereocenters. The Kier molecular flexibility index (Phi) is 8.76. The first kappa shape index (κ1) is 32.5. The van der Waals surface area contributed by atoms with Gasteiger partial charge < -0.3 is 14.4 Å². The van der Waals surface area contributed by atoms with Crippen molar-refractivity contribution < 1.29 is 31.9 Å². The van der Waals surface area contributed by atoms with Gasteiger partial charge >= 0.3 is 16.3 Å². The van der Waals surface area contributed by atoms with E-state index in [9.17, 15) is 22.4 Å². The van der Waals surface area contributed by atoms with E-state index >= 15 is 0 Å². The van der Waals surface area contributed by atoms with Gasteiger partial charge in [-0.15, -0.1) is 0 Å². The topological polar surface area (TPSA) is 127 Å². The number of hydrogen-bond donors (Lipinski definition) is 2. The molecule has 2 N–H and O–H groups in total. The fourth-order valence-electron chi connectivity index (χ4n) is 5.58. The molecule has 5 aromatic rings. The molecular weight excluding hydrogens is 635 g/mol. The molecule has 1 aliphatic heterocycles. The summed E-state index contributed by atoms with van der Waals surface area (Å²) in [5.41, 5.74) is 2.10.